The molecule has 1 unspecified atom stereocenters. The minimum Gasteiger partial charge on any atom is -0.444 e. The van der Waals surface area contributed by atoms with Gasteiger partial charge in [-0.05, 0) is 47.0 Å². The number of carbonyl (C=O) groups is 1. The van der Waals surface area contributed by atoms with E-state index in [2.05, 4.69) is 15.5 Å². The molecule has 0 spiro atoms. The number of hydrogen-bond donors (Lipinski definition) is 2. The number of nitrogens with zero attached hydrogens (tertiary/aromatic N) is 2. The van der Waals surface area contributed by atoms with Gasteiger partial charge in [0.1, 0.15) is 5.60 Å². The standard InChI is InChI=1S/C16H28N4O2/c1-11-14(12(2)19-18-11)9-17-8-13-6-7-20(10-13)15(21)22-16(3,4)5/h13,17H,6-10H2,1-5H3,(H,18,19). The summed E-state index contributed by atoms with van der Waals surface area (Å²) < 4.78 is 5.42. The zero-order valence-electron chi connectivity index (χ0n) is 14.3. The number of hydrogen-bond acceptors (Lipinski definition) is 4. The van der Waals surface area contributed by atoms with Gasteiger partial charge in [0.05, 0.1) is 5.69 Å². The molecule has 124 valence electrons. The number of aromatic nitrogens is 2. The summed E-state index contributed by atoms with van der Waals surface area (Å²) in [6, 6.07) is 0. The smallest absolute Gasteiger partial charge is 0.410 e. The van der Waals surface area contributed by atoms with Crippen LogP contribution in [0.3, 0.4) is 0 Å². The summed E-state index contributed by atoms with van der Waals surface area (Å²) in [5, 5.41) is 10.7. The van der Waals surface area contributed by atoms with Crippen molar-refractivity contribution in [2.75, 3.05) is 19.6 Å². The third-order valence-corrected chi connectivity index (χ3v) is 3.95. The second-order valence-electron chi connectivity index (χ2n) is 7.12. The number of carbonyl (C=O) groups excluding carboxylic acids is 1. The molecule has 0 aliphatic carbocycles. The van der Waals surface area contributed by atoms with Gasteiger partial charge in [-0.25, -0.2) is 4.79 Å². The number of H-pyrrole nitrogens is 1. The summed E-state index contributed by atoms with van der Waals surface area (Å²) >= 11 is 0. The number of ether oxygens (including phenoxy) is 1. The fourth-order valence-electron chi connectivity index (χ4n) is 2.73. The molecule has 6 nitrogen and oxygen atoms in total. The Hall–Kier alpha value is -1.56. The highest BCUT2D eigenvalue weighted by molar-refractivity contribution is 5.68. The molecule has 0 bridgehead atoms. The van der Waals surface area contributed by atoms with Crippen molar-refractivity contribution in [1.82, 2.24) is 20.4 Å². The summed E-state index contributed by atoms with van der Waals surface area (Å²) in [6.45, 7) is 13.0. The summed E-state index contributed by atoms with van der Waals surface area (Å²) in [5.74, 6) is 0.486. The molecule has 1 atom stereocenters. The van der Waals surface area contributed by atoms with Crippen LogP contribution in [0.2, 0.25) is 0 Å². The first kappa shape index (κ1) is 16.8. The number of nitrogens with one attached hydrogen (secondary N) is 2. The van der Waals surface area contributed by atoms with E-state index in [1.807, 2.05) is 39.5 Å². The Morgan fingerprint density at radius 1 is 1.45 bits per heavy atom. The van der Waals surface area contributed by atoms with E-state index in [4.69, 9.17) is 4.74 Å². The van der Waals surface area contributed by atoms with Crippen molar-refractivity contribution in [2.45, 2.75) is 53.2 Å². The van der Waals surface area contributed by atoms with Crippen LogP contribution < -0.4 is 5.32 Å². The van der Waals surface area contributed by atoms with Gasteiger partial charge in [0.25, 0.3) is 0 Å². The number of likely N-dealkylation sites (tertiary alicyclic amines) is 1. The van der Waals surface area contributed by atoms with E-state index in [0.717, 1.165) is 44.0 Å². The molecule has 0 aromatic carbocycles. The molecule has 2 N–H and O–H groups in total. The fourth-order valence-corrected chi connectivity index (χ4v) is 2.73. The van der Waals surface area contributed by atoms with Crippen molar-refractivity contribution in [1.29, 1.82) is 0 Å². The summed E-state index contributed by atoms with van der Waals surface area (Å²) in [6.07, 6.45) is 0.826. The highest BCUT2D eigenvalue weighted by atomic mass is 16.6. The molecule has 1 fully saturated rings. The van der Waals surface area contributed by atoms with Gasteiger partial charge >= 0.3 is 6.09 Å². The first-order chi connectivity index (χ1) is 10.3. The Bertz CT molecular complexity index is 499. The van der Waals surface area contributed by atoms with Crippen LogP contribution >= 0.6 is 0 Å². The molecule has 1 aromatic heterocycles. The van der Waals surface area contributed by atoms with Gasteiger partial charge in [-0.2, -0.15) is 5.10 Å². The normalized spacial score (nSPS) is 18.8. The Kier molecular flexibility index (Phi) is 5.11. The zero-order chi connectivity index (χ0) is 16.3. The maximum Gasteiger partial charge on any atom is 0.410 e. The van der Waals surface area contributed by atoms with E-state index in [1.165, 1.54) is 5.56 Å². The molecule has 1 amide bonds. The van der Waals surface area contributed by atoms with Crippen molar-refractivity contribution < 1.29 is 9.53 Å². The van der Waals surface area contributed by atoms with Crippen molar-refractivity contribution in [3.8, 4) is 0 Å². The van der Waals surface area contributed by atoms with E-state index in [1.54, 1.807) is 0 Å². The van der Waals surface area contributed by atoms with Gasteiger partial charge in [-0.1, -0.05) is 0 Å². The van der Waals surface area contributed by atoms with Crippen LogP contribution in [0.5, 0.6) is 0 Å². The van der Waals surface area contributed by atoms with E-state index in [-0.39, 0.29) is 6.09 Å². The predicted octanol–water partition coefficient (Wildman–Crippen LogP) is 2.37. The molecular formula is C16H28N4O2. The van der Waals surface area contributed by atoms with Crippen LogP contribution in [-0.4, -0.2) is 46.4 Å². The lowest BCUT2D eigenvalue weighted by Crippen LogP contribution is -2.36. The van der Waals surface area contributed by atoms with Gasteiger partial charge in [-0.3, -0.25) is 5.10 Å². The number of amides is 1. The maximum atomic E-state index is 12.0. The molecule has 6 heteroatoms. The molecule has 0 radical (unpaired) electrons. The fraction of sp³-hybridized carbons (Fsp3) is 0.750. The zero-order valence-corrected chi connectivity index (χ0v) is 14.3. The highest BCUT2D eigenvalue weighted by Crippen LogP contribution is 2.19. The van der Waals surface area contributed by atoms with Crippen molar-refractivity contribution in [3.05, 3.63) is 17.0 Å². The lowest BCUT2D eigenvalue weighted by molar-refractivity contribution is 0.0288. The Labute approximate surface area is 132 Å². The van der Waals surface area contributed by atoms with Crippen molar-refractivity contribution in [2.24, 2.45) is 5.92 Å². The van der Waals surface area contributed by atoms with Crippen LogP contribution in [0.4, 0.5) is 4.79 Å². The second-order valence-corrected chi connectivity index (χ2v) is 7.12. The first-order valence-corrected chi connectivity index (χ1v) is 7.95. The summed E-state index contributed by atoms with van der Waals surface area (Å²) in [5.41, 5.74) is 2.98. The minimum absolute atomic E-state index is 0.198. The first-order valence-electron chi connectivity index (χ1n) is 7.95. The number of aryl methyl sites for hydroxylation is 2. The molecule has 0 saturated carbocycles. The third kappa shape index (κ3) is 4.47. The third-order valence-electron chi connectivity index (χ3n) is 3.95. The molecule has 2 heterocycles. The van der Waals surface area contributed by atoms with E-state index in [0.29, 0.717) is 5.92 Å². The lowest BCUT2D eigenvalue weighted by atomic mass is 10.1. The average molecular weight is 308 g/mol. The highest BCUT2D eigenvalue weighted by Gasteiger charge is 2.29. The predicted molar refractivity (Wildman–Crippen MR) is 85.7 cm³/mol. The van der Waals surface area contributed by atoms with Gasteiger partial charge in [0.15, 0.2) is 0 Å². The molecule has 2 rings (SSSR count). The van der Waals surface area contributed by atoms with Crippen LogP contribution in [0, 0.1) is 19.8 Å². The van der Waals surface area contributed by atoms with Crippen molar-refractivity contribution >= 4 is 6.09 Å². The number of rotatable bonds is 4. The SMILES string of the molecule is Cc1n[nH]c(C)c1CNCC1CCN(C(=O)OC(C)(C)C)C1. The monoisotopic (exact) mass is 308 g/mol. The van der Waals surface area contributed by atoms with E-state index < -0.39 is 5.60 Å². The van der Waals surface area contributed by atoms with Gasteiger partial charge in [0.2, 0.25) is 0 Å². The van der Waals surface area contributed by atoms with Crippen LogP contribution in [0.25, 0.3) is 0 Å². The van der Waals surface area contributed by atoms with Gasteiger partial charge in [0, 0.05) is 37.4 Å². The molecule has 1 saturated heterocycles. The topological polar surface area (TPSA) is 70.2 Å². The average Bonchev–Trinajstić information content (AvgIpc) is 2.98. The maximum absolute atomic E-state index is 12.0. The van der Waals surface area contributed by atoms with E-state index >= 15 is 0 Å². The van der Waals surface area contributed by atoms with E-state index in [9.17, 15) is 4.79 Å². The largest absolute Gasteiger partial charge is 0.444 e. The molecule has 1 aliphatic rings. The second kappa shape index (κ2) is 6.69. The van der Waals surface area contributed by atoms with Crippen LogP contribution in [0.1, 0.15) is 44.1 Å². The minimum atomic E-state index is -0.427. The molecule has 22 heavy (non-hydrogen) atoms. The molecule has 1 aliphatic heterocycles. The quantitative estimate of drug-likeness (QED) is 0.896. The Balaban J connectivity index is 1.74. The van der Waals surface area contributed by atoms with Crippen LogP contribution in [0.15, 0.2) is 0 Å². The summed E-state index contributed by atoms with van der Waals surface area (Å²) in [4.78, 5) is 13.8. The summed E-state index contributed by atoms with van der Waals surface area (Å²) in [7, 11) is 0. The number of aromatic amines is 1. The molecular weight excluding hydrogens is 280 g/mol. The van der Waals surface area contributed by atoms with Gasteiger partial charge in [-0.15, -0.1) is 0 Å². The van der Waals surface area contributed by atoms with Crippen LogP contribution in [-0.2, 0) is 11.3 Å². The Morgan fingerprint density at radius 3 is 2.77 bits per heavy atom. The van der Waals surface area contributed by atoms with Crippen molar-refractivity contribution in [3.63, 3.8) is 0 Å². The molecule has 1 aromatic rings. The van der Waals surface area contributed by atoms with Gasteiger partial charge < -0.3 is 15.0 Å². The lowest BCUT2D eigenvalue weighted by Gasteiger charge is -2.24. The Morgan fingerprint density at radius 2 is 2.18 bits per heavy atom.